The van der Waals surface area contributed by atoms with Gasteiger partial charge in [0.05, 0.1) is 18.4 Å². The molecule has 1 aliphatic heterocycles. The highest BCUT2D eigenvalue weighted by molar-refractivity contribution is 7.99. The zero-order valence-corrected chi connectivity index (χ0v) is 18.4. The molecule has 3 aromatic carbocycles. The first-order chi connectivity index (χ1) is 15.2. The average Bonchev–Trinajstić information content (AvgIpc) is 3.03. The van der Waals surface area contributed by atoms with Crippen LogP contribution in [0, 0.1) is 0 Å². The molecule has 4 rings (SSSR count). The first-order valence-corrected chi connectivity index (χ1v) is 11.9. The molecule has 1 amide bonds. The Bertz CT molecular complexity index is 970. The van der Waals surface area contributed by atoms with E-state index in [0.717, 1.165) is 28.0 Å². The number of carbonyl (C=O) groups excluding carboxylic acids is 1. The first-order valence-electron chi connectivity index (χ1n) is 10.5. The number of aliphatic hydroxyl groups excluding tert-OH is 1. The summed E-state index contributed by atoms with van der Waals surface area (Å²) in [6.07, 6.45) is 1.20. The topological polar surface area (TPSA) is 49.8 Å². The van der Waals surface area contributed by atoms with Gasteiger partial charge in [-0.1, -0.05) is 66.7 Å². The molecule has 5 heteroatoms. The highest BCUT2D eigenvalue weighted by Gasteiger charge is 2.26. The van der Waals surface area contributed by atoms with Crippen LogP contribution in [-0.2, 0) is 11.3 Å². The normalized spacial score (nSPS) is 14.5. The molecule has 0 bridgehead atoms. The van der Waals surface area contributed by atoms with Crippen LogP contribution >= 0.6 is 11.8 Å². The molecule has 160 valence electrons. The van der Waals surface area contributed by atoms with Crippen molar-refractivity contribution in [2.45, 2.75) is 18.6 Å². The van der Waals surface area contributed by atoms with E-state index in [2.05, 4.69) is 24.3 Å². The number of fused-ring (bicyclic) bond motifs is 1. The lowest BCUT2D eigenvalue weighted by atomic mass is 9.83. The maximum Gasteiger partial charge on any atom is 0.232 e. The van der Waals surface area contributed by atoms with Crippen molar-refractivity contribution < 1.29 is 14.6 Å². The van der Waals surface area contributed by atoms with Gasteiger partial charge in [0, 0.05) is 18.0 Å². The summed E-state index contributed by atoms with van der Waals surface area (Å²) in [5.41, 5.74) is 3.87. The summed E-state index contributed by atoms with van der Waals surface area (Å²) in [5.74, 6) is 1.16. The number of hydrogen-bond donors (Lipinski definition) is 1. The molecule has 0 saturated carbocycles. The standard InChI is InChI=1S/C26H27NO3S/c1-31-18-24(28)27-14-15-30-23-13-12-21(16-22(23)17-27)26(29)25(19-8-4-2-5-9-19)20-10-6-3-7-11-20/h2-13,16,25-26,29H,14-15,17-18H2,1H3. The Labute approximate surface area is 187 Å². The fourth-order valence-electron chi connectivity index (χ4n) is 4.10. The summed E-state index contributed by atoms with van der Waals surface area (Å²) in [5, 5.41) is 11.5. The van der Waals surface area contributed by atoms with E-state index in [1.54, 1.807) is 0 Å². The third kappa shape index (κ3) is 4.94. The van der Waals surface area contributed by atoms with Crippen LogP contribution < -0.4 is 4.74 Å². The third-order valence-corrected chi connectivity index (χ3v) is 6.20. The lowest BCUT2D eigenvalue weighted by Gasteiger charge is -2.25. The van der Waals surface area contributed by atoms with E-state index in [1.165, 1.54) is 11.8 Å². The molecule has 1 N–H and O–H groups in total. The molecular weight excluding hydrogens is 406 g/mol. The van der Waals surface area contributed by atoms with E-state index in [-0.39, 0.29) is 11.8 Å². The van der Waals surface area contributed by atoms with E-state index in [0.29, 0.717) is 25.4 Å². The Balaban J connectivity index is 1.67. The van der Waals surface area contributed by atoms with Crippen LogP contribution in [0.25, 0.3) is 0 Å². The maximum atomic E-state index is 12.5. The highest BCUT2D eigenvalue weighted by atomic mass is 32.2. The van der Waals surface area contributed by atoms with E-state index in [4.69, 9.17) is 4.74 Å². The van der Waals surface area contributed by atoms with Gasteiger partial charge in [-0.2, -0.15) is 11.8 Å². The monoisotopic (exact) mass is 433 g/mol. The molecule has 0 aromatic heterocycles. The lowest BCUT2D eigenvalue weighted by molar-refractivity contribution is -0.129. The number of aliphatic hydroxyl groups is 1. The van der Waals surface area contributed by atoms with Gasteiger partial charge in [-0.15, -0.1) is 0 Å². The Hall–Kier alpha value is -2.76. The minimum atomic E-state index is -0.728. The zero-order chi connectivity index (χ0) is 21.6. The van der Waals surface area contributed by atoms with Gasteiger partial charge in [-0.3, -0.25) is 4.79 Å². The van der Waals surface area contributed by atoms with E-state index in [9.17, 15) is 9.90 Å². The molecule has 0 saturated heterocycles. The van der Waals surface area contributed by atoms with Crippen molar-refractivity contribution in [2.24, 2.45) is 0 Å². The fraction of sp³-hybridized carbons (Fsp3) is 0.269. The minimum absolute atomic E-state index is 0.112. The van der Waals surface area contributed by atoms with Crippen molar-refractivity contribution in [1.29, 1.82) is 0 Å². The van der Waals surface area contributed by atoms with Crippen molar-refractivity contribution in [3.8, 4) is 5.75 Å². The van der Waals surface area contributed by atoms with Gasteiger partial charge in [0.15, 0.2) is 0 Å². The van der Waals surface area contributed by atoms with Gasteiger partial charge in [-0.25, -0.2) is 0 Å². The molecule has 1 unspecified atom stereocenters. The maximum absolute atomic E-state index is 12.5. The van der Waals surface area contributed by atoms with E-state index >= 15 is 0 Å². The second-order valence-electron chi connectivity index (χ2n) is 7.71. The molecule has 1 heterocycles. The van der Waals surface area contributed by atoms with Crippen molar-refractivity contribution in [2.75, 3.05) is 25.2 Å². The van der Waals surface area contributed by atoms with Crippen LogP contribution in [0.5, 0.6) is 5.75 Å². The summed E-state index contributed by atoms with van der Waals surface area (Å²) in [4.78, 5) is 14.3. The zero-order valence-electron chi connectivity index (χ0n) is 17.6. The number of ether oxygens (including phenoxy) is 1. The van der Waals surface area contributed by atoms with Gasteiger partial charge in [-0.05, 0) is 35.1 Å². The Morgan fingerprint density at radius 3 is 2.26 bits per heavy atom. The minimum Gasteiger partial charge on any atom is -0.491 e. The molecule has 0 fully saturated rings. The van der Waals surface area contributed by atoms with Crippen molar-refractivity contribution in [3.05, 3.63) is 101 Å². The Morgan fingerprint density at radius 2 is 1.65 bits per heavy atom. The van der Waals surface area contributed by atoms with Crippen LogP contribution in [0.2, 0.25) is 0 Å². The smallest absolute Gasteiger partial charge is 0.232 e. The number of hydrogen-bond acceptors (Lipinski definition) is 4. The van der Waals surface area contributed by atoms with Crippen LogP contribution in [0.4, 0.5) is 0 Å². The van der Waals surface area contributed by atoms with Crippen LogP contribution in [0.15, 0.2) is 78.9 Å². The number of nitrogens with zero attached hydrogens (tertiary/aromatic N) is 1. The number of carbonyl (C=O) groups is 1. The quantitative estimate of drug-likeness (QED) is 0.616. The largest absolute Gasteiger partial charge is 0.491 e. The van der Waals surface area contributed by atoms with Gasteiger partial charge >= 0.3 is 0 Å². The lowest BCUT2D eigenvalue weighted by Crippen LogP contribution is -2.33. The Kier molecular flexibility index (Phi) is 6.95. The molecule has 0 spiro atoms. The molecule has 1 atom stereocenters. The molecule has 3 aromatic rings. The summed E-state index contributed by atoms with van der Waals surface area (Å²) >= 11 is 1.53. The van der Waals surface area contributed by atoms with Crippen LogP contribution in [0.3, 0.4) is 0 Å². The van der Waals surface area contributed by atoms with Gasteiger partial charge < -0.3 is 14.7 Å². The molecule has 0 radical (unpaired) electrons. The predicted octanol–water partition coefficient (Wildman–Crippen LogP) is 4.64. The van der Waals surface area contributed by atoms with E-state index in [1.807, 2.05) is 65.8 Å². The van der Waals surface area contributed by atoms with Gasteiger partial charge in [0.1, 0.15) is 12.4 Å². The molecular formula is C26H27NO3S. The summed E-state index contributed by atoms with van der Waals surface area (Å²) < 4.78 is 5.89. The fourth-order valence-corrected chi connectivity index (χ4v) is 4.53. The van der Waals surface area contributed by atoms with E-state index < -0.39 is 6.10 Å². The third-order valence-electron chi connectivity index (χ3n) is 5.66. The van der Waals surface area contributed by atoms with Crippen molar-refractivity contribution >= 4 is 17.7 Å². The highest BCUT2D eigenvalue weighted by Crippen LogP contribution is 2.38. The van der Waals surface area contributed by atoms with Crippen LogP contribution in [0.1, 0.15) is 34.3 Å². The number of rotatable bonds is 6. The van der Waals surface area contributed by atoms with Crippen molar-refractivity contribution in [1.82, 2.24) is 4.90 Å². The summed E-state index contributed by atoms with van der Waals surface area (Å²) in [7, 11) is 0. The summed E-state index contributed by atoms with van der Waals surface area (Å²) in [6.45, 7) is 1.55. The molecule has 31 heavy (non-hydrogen) atoms. The van der Waals surface area contributed by atoms with Crippen LogP contribution in [-0.4, -0.2) is 41.1 Å². The van der Waals surface area contributed by atoms with Crippen molar-refractivity contribution in [3.63, 3.8) is 0 Å². The number of thioether (sulfide) groups is 1. The number of benzene rings is 3. The average molecular weight is 434 g/mol. The molecule has 0 aliphatic carbocycles. The molecule has 4 nitrogen and oxygen atoms in total. The second kappa shape index (κ2) is 10.0. The first kappa shape index (κ1) is 21.5. The second-order valence-corrected chi connectivity index (χ2v) is 8.57. The number of amides is 1. The predicted molar refractivity (Wildman–Crippen MR) is 125 cm³/mol. The van der Waals surface area contributed by atoms with Gasteiger partial charge in [0.2, 0.25) is 5.91 Å². The van der Waals surface area contributed by atoms with Gasteiger partial charge in [0.25, 0.3) is 0 Å². The summed E-state index contributed by atoms with van der Waals surface area (Å²) in [6, 6.07) is 26.0. The SMILES string of the molecule is CSCC(=O)N1CCOc2ccc(C(O)C(c3ccccc3)c3ccccc3)cc2C1. The molecule has 1 aliphatic rings. The Morgan fingerprint density at radius 1 is 1.00 bits per heavy atom.